The van der Waals surface area contributed by atoms with Crippen molar-refractivity contribution >= 4 is 23.2 Å². The van der Waals surface area contributed by atoms with E-state index in [9.17, 15) is 4.79 Å². The summed E-state index contributed by atoms with van der Waals surface area (Å²) >= 11 is 6.27. The fourth-order valence-corrected chi connectivity index (χ4v) is 3.63. The molecule has 0 atom stereocenters. The first-order valence-corrected chi connectivity index (χ1v) is 9.61. The summed E-state index contributed by atoms with van der Waals surface area (Å²) in [4.78, 5) is 17.2. The lowest BCUT2D eigenvalue weighted by atomic mass is 10.1. The van der Waals surface area contributed by atoms with Gasteiger partial charge in [0.25, 0.3) is 0 Å². The van der Waals surface area contributed by atoms with E-state index in [1.54, 1.807) is 0 Å². The van der Waals surface area contributed by atoms with E-state index in [2.05, 4.69) is 15.4 Å². The van der Waals surface area contributed by atoms with Crippen LogP contribution < -0.4 is 5.32 Å². The van der Waals surface area contributed by atoms with Crippen LogP contribution in [0, 0.1) is 41.5 Å². The van der Waals surface area contributed by atoms with Crippen molar-refractivity contribution in [3.63, 3.8) is 0 Å². The average Bonchev–Trinajstić information content (AvgIpc) is 2.88. The van der Waals surface area contributed by atoms with Gasteiger partial charge in [-0.05, 0) is 70.9 Å². The van der Waals surface area contributed by atoms with E-state index in [-0.39, 0.29) is 12.3 Å². The molecule has 2 heterocycles. The zero-order valence-electron chi connectivity index (χ0n) is 17.1. The van der Waals surface area contributed by atoms with Gasteiger partial charge in [0.05, 0.1) is 29.2 Å². The Kier molecular flexibility index (Phi) is 5.57. The van der Waals surface area contributed by atoms with Crippen LogP contribution in [-0.4, -0.2) is 20.7 Å². The van der Waals surface area contributed by atoms with E-state index < -0.39 is 0 Å². The minimum Gasteiger partial charge on any atom is -0.324 e. The highest BCUT2D eigenvalue weighted by molar-refractivity contribution is 6.31. The number of benzene rings is 1. The van der Waals surface area contributed by atoms with Crippen LogP contribution in [0.4, 0.5) is 5.69 Å². The number of nitrogens with zero attached hydrogens (tertiary/aromatic N) is 3. The number of rotatable bonds is 4. The molecule has 2 aromatic heterocycles. The Hall–Kier alpha value is -2.66. The van der Waals surface area contributed by atoms with Crippen LogP contribution in [0.5, 0.6) is 0 Å². The number of carbonyl (C=O) groups excluding carboxylic acids is 1. The monoisotopic (exact) mass is 396 g/mol. The van der Waals surface area contributed by atoms with Crippen LogP contribution in [0.1, 0.15) is 39.5 Å². The molecule has 0 aliphatic carbocycles. The van der Waals surface area contributed by atoms with E-state index >= 15 is 0 Å². The standard InChI is InChI=1S/C22H25ClN4O/c1-12-7-8-18(10-20(12)23)27-17(6)19(15(4)26-27)11-21(28)25-22-13(2)9-14(3)24-16(22)5/h7-10H,11H2,1-6H3,(H,25,28). The van der Waals surface area contributed by atoms with E-state index in [0.29, 0.717) is 5.02 Å². The number of anilines is 1. The van der Waals surface area contributed by atoms with Gasteiger partial charge in [-0.15, -0.1) is 0 Å². The van der Waals surface area contributed by atoms with Crippen molar-refractivity contribution in [3.05, 3.63) is 68.8 Å². The van der Waals surface area contributed by atoms with Gasteiger partial charge in [-0.1, -0.05) is 17.7 Å². The van der Waals surface area contributed by atoms with Crippen LogP contribution in [0.2, 0.25) is 5.02 Å². The summed E-state index contributed by atoms with van der Waals surface area (Å²) in [5.74, 6) is -0.0791. The molecule has 0 saturated carbocycles. The highest BCUT2D eigenvalue weighted by atomic mass is 35.5. The van der Waals surface area contributed by atoms with Gasteiger partial charge < -0.3 is 5.32 Å². The summed E-state index contributed by atoms with van der Waals surface area (Å²) in [5.41, 5.74) is 8.15. The second-order valence-electron chi connectivity index (χ2n) is 7.26. The van der Waals surface area contributed by atoms with Crippen molar-refractivity contribution in [1.82, 2.24) is 14.8 Å². The maximum absolute atomic E-state index is 12.7. The molecule has 3 rings (SSSR count). The maximum atomic E-state index is 12.7. The zero-order chi connectivity index (χ0) is 20.6. The Bertz CT molecular complexity index is 1050. The lowest BCUT2D eigenvalue weighted by Crippen LogP contribution is -2.17. The molecule has 0 aliphatic rings. The number of hydrogen-bond acceptors (Lipinski definition) is 3. The van der Waals surface area contributed by atoms with Crippen LogP contribution in [0.25, 0.3) is 5.69 Å². The molecule has 0 radical (unpaired) electrons. The summed E-state index contributed by atoms with van der Waals surface area (Å²) in [5, 5.41) is 8.33. The van der Waals surface area contributed by atoms with Crippen LogP contribution in [0.3, 0.4) is 0 Å². The third-order valence-electron chi connectivity index (χ3n) is 4.97. The summed E-state index contributed by atoms with van der Waals surface area (Å²) in [6.45, 7) is 11.7. The lowest BCUT2D eigenvalue weighted by molar-refractivity contribution is -0.115. The quantitative estimate of drug-likeness (QED) is 0.678. The number of aryl methyl sites for hydroxylation is 5. The van der Waals surface area contributed by atoms with Crippen molar-refractivity contribution in [2.24, 2.45) is 0 Å². The largest absolute Gasteiger partial charge is 0.324 e. The fraction of sp³-hybridized carbons (Fsp3) is 0.318. The van der Waals surface area contributed by atoms with Crippen molar-refractivity contribution in [3.8, 4) is 5.69 Å². The van der Waals surface area contributed by atoms with Crippen LogP contribution >= 0.6 is 11.6 Å². The minimum absolute atomic E-state index is 0.0791. The van der Waals surface area contributed by atoms with Crippen LogP contribution in [-0.2, 0) is 11.2 Å². The number of pyridine rings is 1. The predicted molar refractivity (Wildman–Crippen MR) is 114 cm³/mol. The topological polar surface area (TPSA) is 59.8 Å². The van der Waals surface area contributed by atoms with Crippen molar-refractivity contribution < 1.29 is 4.79 Å². The van der Waals surface area contributed by atoms with Gasteiger partial charge >= 0.3 is 0 Å². The van der Waals surface area contributed by atoms with Gasteiger partial charge in [0, 0.05) is 22.0 Å². The summed E-state index contributed by atoms with van der Waals surface area (Å²) in [7, 11) is 0. The second kappa shape index (κ2) is 7.76. The number of amides is 1. The molecule has 0 spiro atoms. The number of hydrogen-bond donors (Lipinski definition) is 1. The smallest absolute Gasteiger partial charge is 0.228 e. The summed E-state index contributed by atoms with van der Waals surface area (Å²) < 4.78 is 1.84. The van der Waals surface area contributed by atoms with E-state index in [1.165, 1.54) is 0 Å². The lowest BCUT2D eigenvalue weighted by Gasteiger charge is -2.12. The first-order valence-electron chi connectivity index (χ1n) is 9.23. The van der Waals surface area contributed by atoms with E-state index in [1.807, 2.05) is 70.5 Å². The Morgan fingerprint density at radius 1 is 1.04 bits per heavy atom. The van der Waals surface area contributed by atoms with Crippen molar-refractivity contribution in [2.45, 2.75) is 48.0 Å². The predicted octanol–water partition coefficient (Wildman–Crippen LogP) is 4.95. The molecule has 0 fully saturated rings. The van der Waals surface area contributed by atoms with E-state index in [4.69, 9.17) is 11.6 Å². The van der Waals surface area contributed by atoms with Crippen molar-refractivity contribution in [1.29, 1.82) is 0 Å². The van der Waals surface area contributed by atoms with Gasteiger partial charge in [-0.2, -0.15) is 5.10 Å². The summed E-state index contributed by atoms with van der Waals surface area (Å²) in [6, 6.07) is 7.81. The molecule has 0 aliphatic heterocycles. The highest BCUT2D eigenvalue weighted by Gasteiger charge is 2.17. The SMILES string of the molecule is Cc1cc(C)c(NC(=O)Cc2c(C)nn(-c3ccc(C)c(Cl)c3)c2C)c(C)n1. The number of carbonyl (C=O) groups is 1. The molecule has 0 unspecified atom stereocenters. The maximum Gasteiger partial charge on any atom is 0.228 e. The molecular weight excluding hydrogens is 372 g/mol. The Labute approximate surface area is 170 Å². The van der Waals surface area contributed by atoms with Gasteiger partial charge in [0.15, 0.2) is 0 Å². The Morgan fingerprint density at radius 2 is 1.75 bits per heavy atom. The molecule has 6 heteroatoms. The Balaban J connectivity index is 1.86. The van der Waals surface area contributed by atoms with Crippen LogP contribution in [0.15, 0.2) is 24.3 Å². The molecule has 1 N–H and O–H groups in total. The summed E-state index contributed by atoms with van der Waals surface area (Å²) in [6.07, 6.45) is 0.254. The molecular formula is C22H25ClN4O. The Morgan fingerprint density at radius 3 is 2.39 bits per heavy atom. The molecule has 1 aromatic carbocycles. The molecule has 5 nitrogen and oxygen atoms in total. The fourth-order valence-electron chi connectivity index (χ4n) is 3.45. The van der Waals surface area contributed by atoms with Gasteiger partial charge in [-0.25, -0.2) is 4.68 Å². The first kappa shape index (κ1) is 20.1. The van der Waals surface area contributed by atoms with E-state index in [0.717, 1.165) is 50.8 Å². The normalized spacial score (nSPS) is 11.0. The van der Waals surface area contributed by atoms with Gasteiger partial charge in [-0.3, -0.25) is 9.78 Å². The number of nitrogens with one attached hydrogen (secondary N) is 1. The second-order valence-corrected chi connectivity index (χ2v) is 7.67. The highest BCUT2D eigenvalue weighted by Crippen LogP contribution is 2.24. The third-order valence-corrected chi connectivity index (χ3v) is 5.38. The van der Waals surface area contributed by atoms with Gasteiger partial charge in [0.2, 0.25) is 5.91 Å². The van der Waals surface area contributed by atoms with Gasteiger partial charge in [0.1, 0.15) is 0 Å². The molecule has 28 heavy (non-hydrogen) atoms. The minimum atomic E-state index is -0.0791. The molecule has 3 aromatic rings. The first-order chi connectivity index (χ1) is 13.2. The number of aromatic nitrogens is 3. The van der Waals surface area contributed by atoms with Crippen molar-refractivity contribution in [2.75, 3.05) is 5.32 Å². The molecule has 146 valence electrons. The molecule has 0 bridgehead atoms. The zero-order valence-corrected chi connectivity index (χ0v) is 17.9. The molecule has 1 amide bonds. The number of halogens is 1. The average molecular weight is 397 g/mol. The molecule has 0 saturated heterocycles. The third kappa shape index (κ3) is 3.94.